The van der Waals surface area contributed by atoms with Crippen LogP contribution in [0, 0.1) is 48.1 Å². The van der Waals surface area contributed by atoms with E-state index in [2.05, 4.69) is 43.3 Å². The van der Waals surface area contributed by atoms with E-state index in [1.807, 2.05) is 0 Å². The Balaban J connectivity index is 1.05. The molecule has 0 N–H and O–H groups in total. The van der Waals surface area contributed by atoms with Gasteiger partial charge >= 0.3 is 0 Å². The van der Waals surface area contributed by atoms with E-state index in [1.165, 1.54) is 56.9 Å². The Bertz CT molecular complexity index is 1070. The van der Waals surface area contributed by atoms with Gasteiger partial charge in [0.05, 0.1) is 6.61 Å². The lowest BCUT2D eigenvalue weighted by atomic mass is 9.60. The zero-order valence-electron chi connectivity index (χ0n) is 23.4. The quantitative estimate of drug-likeness (QED) is 0.315. The Morgan fingerprint density at radius 1 is 0.763 bits per heavy atom. The number of rotatable bonds is 8. The maximum atomic E-state index is 14.1. The van der Waals surface area contributed by atoms with Crippen molar-refractivity contribution in [1.29, 1.82) is 0 Å². The van der Waals surface area contributed by atoms with Crippen molar-refractivity contribution in [3.05, 3.63) is 76.9 Å². The van der Waals surface area contributed by atoms with Crippen LogP contribution < -0.4 is 4.74 Å². The first-order valence-electron chi connectivity index (χ1n) is 15.3. The summed E-state index contributed by atoms with van der Waals surface area (Å²) in [5.74, 6) is 3.19. The standard InChI is InChI=1S/C35H46F2O/c1-3-4-5-6-25-8-12-27(13-9-25)29-16-18-32-22-30(17-19-31(32)21-29)28-14-10-26(11-15-28)23-38-33-20-7-24(2)34(36)35(33)37/h3-4,7-9,12-13,20,26,28-32H,5-6,10-11,14-19,21-23H2,1-2H3/b4-3+. The highest BCUT2D eigenvalue weighted by molar-refractivity contribution is 5.30. The van der Waals surface area contributed by atoms with Gasteiger partial charge in [-0.15, -0.1) is 0 Å². The average molecular weight is 521 g/mol. The summed E-state index contributed by atoms with van der Waals surface area (Å²) in [6.07, 6.45) is 19.9. The summed E-state index contributed by atoms with van der Waals surface area (Å²) in [6.45, 7) is 4.17. The average Bonchev–Trinajstić information content (AvgIpc) is 2.96. The summed E-state index contributed by atoms with van der Waals surface area (Å²) in [4.78, 5) is 0. The highest BCUT2D eigenvalue weighted by Crippen LogP contribution is 2.51. The second kappa shape index (κ2) is 12.8. The molecule has 3 fully saturated rings. The van der Waals surface area contributed by atoms with Crippen molar-refractivity contribution in [3.63, 3.8) is 0 Å². The normalized spacial score (nSPS) is 29.8. The van der Waals surface area contributed by atoms with Crippen molar-refractivity contribution in [2.45, 2.75) is 96.8 Å². The van der Waals surface area contributed by atoms with E-state index in [-0.39, 0.29) is 5.75 Å². The number of hydrogen-bond acceptors (Lipinski definition) is 1. The summed E-state index contributed by atoms with van der Waals surface area (Å²) in [5.41, 5.74) is 3.34. The van der Waals surface area contributed by atoms with Gasteiger partial charge in [0, 0.05) is 0 Å². The van der Waals surface area contributed by atoms with Gasteiger partial charge in [-0.3, -0.25) is 0 Å². The molecule has 206 valence electrons. The van der Waals surface area contributed by atoms with Crippen molar-refractivity contribution in [1.82, 2.24) is 0 Å². The summed E-state index contributed by atoms with van der Waals surface area (Å²) in [7, 11) is 0. The van der Waals surface area contributed by atoms with Gasteiger partial charge in [0.1, 0.15) is 0 Å². The molecule has 3 aliphatic rings. The number of halogens is 2. The van der Waals surface area contributed by atoms with Crippen molar-refractivity contribution >= 4 is 0 Å². The first kappa shape index (κ1) is 27.4. The Labute approximate surface area is 229 Å². The van der Waals surface area contributed by atoms with Crippen molar-refractivity contribution in [2.75, 3.05) is 6.61 Å². The first-order valence-corrected chi connectivity index (χ1v) is 15.3. The van der Waals surface area contributed by atoms with Crippen LogP contribution in [0.15, 0.2) is 48.6 Å². The molecule has 0 heterocycles. The Hall–Kier alpha value is -2.16. The molecule has 3 heteroatoms. The molecule has 4 unspecified atom stereocenters. The van der Waals surface area contributed by atoms with E-state index in [0.717, 1.165) is 55.3 Å². The molecular weight excluding hydrogens is 474 g/mol. The van der Waals surface area contributed by atoms with Crippen LogP contribution in [-0.2, 0) is 6.42 Å². The third-order valence-electron chi connectivity index (χ3n) is 10.2. The van der Waals surface area contributed by atoms with Gasteiger partial charge in [-0.2, -0.15) is 4.39 Å². The minimum Gasteiger partial charge on any atom is -0.490 e. The number of ether oxygens (including phenoxy) is 1. The van der Waals surface area contributed by atoms with Crippen molar-refractivity contribution < 1.29 is 13.5 Å². The van der Waals surface area contributed by atoms with Gasteiger partial charge in [0.25, 0.3) is 0 Å². The molecule has 0 bridgehead atoms. The molecule has 0 amide bonds. The van der Waals surface area contributed by atoms with Gasteiger partial charge in [0.15, 0.2) is 11.6 Å². The molecular formula is C35H46F2O. The molecule has 0 saturated heterocycles. The van der Waals surface area contributed by atoms with Crippen LogP contribution in [0.25, 0.3) is 0 Å². The Morgan fingerprint density at radius 3 is 2.16 bits per heavy atom. The number of aryl methyl sites for hydroxylation is 2. The molecule has 38 heavy (non-hydrogen) atoms. The zero-order chi connectivity index (χ0) is 26.5. The molecule has 1 nitrogen and oxygen atoms in total. The van der Waals surface area contributed by atoms with E-state index in [4.69, 9.17) is 4.74 Å². The fourth-order valence-corrected chi connectivity index (χ4v) is 7.80. The van der Waals surface area contributed by atoms with E-state index in [9.17, 15) is 8.78 Å². The fraction of sp³-hybridized carbons (Fsp3) is 0.600. The van der Waals surface area contributed by atoms with E-state index < -0.39 is 11.6 Å². The highest BCUT2D eigenvalue weighted by atomic mass is 19.2. The number of benzene rings is 2. The minimum absolute atomic E-state index is 0.0597. The Morgan fingerprint density at radius 2 is 1.42 bits per heavy atom. The van der Waals surface area contributed by atoms with E-state index >= 15 is 0 Å². The van der Waals surface area contributed by atoms with Gasteiger partial charge in [-0.25, -0.2) is 4.39 Å². The second-order valence-electron chi connectivity index (χ2n) is 12.6. The summed E-state index contributed by atoms with van der Waals surface area (Å²) >= 11 is 0. The molecule has 0 radical (unpaired) electrons. The predicted molar refractivity (Wildman–Crippen MR) is 153 cm³/mol. The number of fused-ring (bicyclic) bond motifs is 1. The number of allylic oxidation sites excluding steroid dienone is 2. The van der Waals surface area contributed by atoms with Crippen LogP contribution in [0.2, 0.25) is 0 Å². The van der Waals surface area contributed by atoms with Crippen LogP contribution >= 0.6 is 0 Å². The third-order valence-corrected chi connectivity index (χ3v) is 10.2. The molecule has 3 saturated carbocycles. The Kier molecular flexibility index (Phi) is 9.23. The predicted octanol–water partition coefficient (Wildman–Crippen LogP) is 9.97. The molecule has 4 atom stereocenters. The van der Waals surface area contributed by atoms with Crippen LogP contribution in [0.3, 0.4) is 0 Å². The highest BCUT2D eigenvalue weighted by Gasteiger charge is 2.39. The maximum Gasteiger partial charge on any atom is 0.200 e. The third kappa shape index (κ3) is 6.52. The lowest BCUT2D eigenvalue weighted by Gasteiger charge is -2.45. The van der Waals surface area contributed by atoms with Gasteiger partial charge in [0.2, 0.25) is 5.82 Å². The largest absolute Gasteiger partial charge is 0.490 e. The summed E-state index contributed by atoms with van der Waals surface area (Å²) in [6, 6.07) is 12.7. The fourth-order valence-electron chi connectivity index (χ4n) is 7.80. The lowest BCUT2D eigenvalue weighted by Crippen LogP contribution is -2.34. The molecule has 0 spiro atoms. The zero-order valence-corrected chi connectivity index (χ0v) is 23.4. The molecule has 2 aromatic rings. The van der Waals surface area contributed by atoms with Crippen molar-refractivity contribution in [2.24, 2.45) is 29.6 Å². The number of hydrogen-bond donors (Lipinski definition) is 0. The topological polar surface area (TPSA) is 9.23 Å². The van der Waals surface area contributed by atoms with Gasteiger partial charge in [-0.05, 0) is 149 Å². The molecule has 2 aromatic carbocycles. The maximum absolute atomic E-state index is 14.1. The SMILES string of the molecule is C/C=C/CCc1ccc(C2CCC3CC(C4CCC(COc5ccc(C)c(F)c5F)CC4)CCC3C2)cc1. The van der Waals surface area contributed by atoms with Crippen LogP contribution in [0.4, 0.5) is 8.78 Å². The lowest BCUT2D eigenvalue weighted by molar-refractivity contribution is 0.0663. The molecule has 5 rings (SSSR count). The molecule has 0 aliphatic heterocycles. The minimum atomic E-state index is -0.845. The first-order chi connectivity index (χ1) is 18.5. The monoisotopic (exact) mass is 520 g/mol. The van der Waals surface area contributed by atoms with Crippen molar-refractivity contribution in [3.8, 4) is 5.75 Å². The summed E-state index contributed by atoms with van der Waals surface area (Å²) in [5, 5.41) is 0. The van der Waals surface area contributed by atoms with E-state index in [1.54, 1.807) is 24.6 Å². The van der Waals surface area contributed by atoms with Crippen LogP contribution in [0.1, 0.15) is 100 Å². The smallest absolute Gasteiger partial charge is 0.200 e. The summed E-state index contributed by atoms with van der Waals surface area (Å²) < 4.78 is 33.7. The van der Waals surface area contributed by atoms with Gasteiger partial charge in [-0.1, -0.05) is 42.5 Å². The van der Waals surface area contributed by atoms with Crippen LogP contribution in [0.5, 0.6) is 5.75 Å². The van der Waals surface area contributed by atoms with E-state index in [0.29, 0.717) is 18.1 Å². The molecule has 3 aliphatic carbocycles. The van der Waals surface area contributed by atoms with Gasteiger partial charge < -0.3 is 4.74 Å². The second-order valence-corrected chi connectivity index (χ2v) is 12.6. The molecule has 0 aromatic heterocycles. The van der Waals surface area contributed by atoms with Crippen LogP contribution in [-0.4, -0.2) is 6.61 Å².